The minimum atomic E-state index is -3.74. The highest BCUT2D eigenvalue weighted by Crippen LogP contribution is 2.28. The second-order valence-corrected chi connectivity index (χ2v) is 8.80. The Hall–Kier alpha value is -4.05. The summed E-state index contributed by atoms with van der Waals surface area (Å²) < 4.78 is 38.1. The molecule has 34 heavy (non-hydrogen) atoms. The lowest BCUT2D eigenvalue weighted by atomic mass is 10.2. The van der Waals surface area contributed by atoms with Crippen molar-refractivity contribution in [1.82, 2.24) is 10.9 Å². The van der Waals surface area contributed by atoms with Gasteiger partial charge in [-0.2, -0.15) is 0 Å². The van der Waals surface area contributed by atoms with E-state index in [1.165, 1.54) is 49.6 Å². The highest BCUT2D eigenvalue weighted by molar-refractivity contribution is 7.92. The molecule has 0 saturated carbocycles. The average Bonchev–Trinajstić information content (AvgIpc) is 2.86. The van der Waals surface area contributed by atoms with Crippen LogP contribution in [0.25, 0.3) is 0 Å². The van der Waals surface area contributed by atoms with E-state index in [0.29, 0.717) is 23.8 Å². The number of carbonyl (C=O) groups excluding carboxylic acids is 2. The molecule has 3 aromatic rings. The topological polar surface area (TPSA) is 123 Å². The number of carbonyl (C=O) groups is 2. The molecular formula is C24H25N3O6S. The van der Waals surface area contributed by atoms with E-state index in [1.807, 2.05) is 6.92 Å². The smallest absolute Gasteiger partial charge is 0.269 e. The number of amides is 2. The van der Waals surface area contributed by atoms with Crippen molar-refractivity contribution < 1.29 is 27.5 Å². The highest BCUT2D eigenvalue weighted by atomic mass is 32.2. The van der Waals surface area contributed by atoms with E-state index < -0.39 is 21.8 Å². The molecule has 0 bridgehead atoms. The Kier molecular flexibility index (Phi) is 8.10. The summed E-state index contributed by atoms with van der Waals surface area (Å²) in [6.45, 7) is 2.50. The van der Waals surface area contributed by atoms with Crippen LogP contribution in [0.15, 0.2) is 77.7 Å². The van der Waals surface area contributed by atoms with E-state index in [0.717, 1.165) is 6.42 Å². The molecule has 0 aliphatic rings. The van der Waals surface area contributed by atoms with Gasteiger partial charge in [-0.05, 0) is 61.0 Å². The summed E-state index contributed by atoms with van der Waals surface area (Å²) >= 11 is 0. The number of rotatable bonds is 9. The molecule has 3 N–H and O–H groups in total. The van der Waals surface area contributed by atoms with Crippen LogP contribution in [0.5, 0.6) is 11.5 Å². The van der Waals surface area contributed by atoms with Gasteiger partial charge >= 0.3 is 0 Å². The Morgan fingerprint density at radius 2 is 1.44 bits per heavy atom. The third-order valence-corrected chi connectivity index (χ3v) is 6.03. The maximum absolute atomic E-state index is 12.4. The quantitative estimate of drug-likeness (QED) is 0.401. The molecule has 0 heterocycles. The van der Waals surface area contributed by atoms with Crippen LogP contribution in [0.3, 0.4) is 0 Å². The van der Waals surface area contributed by atoms with Crippen LogP contribution in [-0.2, 0) is 10.0 Å². The van der Waals surface area contributed by atoms with Crippen LogP contribution >= 0.6 is 0 Å². The normalized spacial score (nSPS) is 10.8. The molecule has 9 nitrogen and oxygen atoms in total. The van der Waals surface area contributed by atoms with Crippen molar-refractivity contribution in [3.8, 4) is 11.5 Å². The van der Waals surface area contributed by atoms with Gasteiger partial charge in [-0.3, -0.25) is 25.2 Å². The number of nitrogens with one attached hydrogen (secondary N) is 3. The predicted molar refractivity (Wildman–Crippen MR) is 127 cm³/mol. The monoisotopic (exact) mass is 483 g/mol. The minimum absolute atomic E-state index is 0.126. The van der Waals surface area contributed by atoms with E-state index in [9.17, 15) is 18.0 Å². The lowest BCUT2D eigenvalue weighted by Gasteiger charge is -2.12. The Bertz CT molecular complexity index is 1250. The van der Waals surface area contributed by atoms with Crippen molar-refractivity contribution in [1.29, 1.82) is 0 Å². The number of anilines is 1. The lowest BCUT2D eigenvalue weighted by Crippen LogP contribution is -2.41. The largest absolute Gasteiger partial charge is 0.493 e. The lowest BCUT2D eigenvalue weighted by molar-refractivity contribution is 0.0846. The first-order valence-corrected chi connectivity index (χ1v) is 11.9. The molecule has 10 heteroatoms. The molecule has 2 amide bonds. The van der Waals surface area contributed by atoms with E-state index >= 15 is 0 Å². The summed E-state index contributed by atoms with van der Waals surface area (Å²) in [5, 5.41) is 0. The third-order valence-electron chi connectivity index (χ3n) is 4.63. The maximum Gasteiger partial charge on any atom is 0.269 e. The van der Waals surface area contributed by atoms with E-state index in [-0.39, 0.29) is 16.0 Å². The molecule has 0 radical (unpaired) electrons. The fourth-order valence-electron chi connectivity index (χ4n) is 2.90. The van der Waals surface area contributed by atoms with Gasteiger partial charge in [0.05, 0.1) is 18.6 Å². The molecule has 0 unspecified atom stereocenters. The maximum atomic E-state index is 12.4. The number of methoxy groups -OCH3 is 1. The molecule has 0 aliphatic heterocycles. The van der Waals surface area contributed by atoms with Gasteiger partial charge in [0.15, 0.2) is 11.5 Å². The molecule has 0 spiro atoms. The summed E-state index contributed by atoms with van der Waals surface area (Å²) in [6, 6.07) is 18.4. The number of ether oxygens (including phenoxy) is 2. The summed E-state index contributed by atoms with van der Waals surface area (Å²) in [6.07, 6.45) is 0.831. The van der Waals surface area contributed by atoms with Gasteiger partial charge in [0.1, 0.15) is 0 Å². The zero-order chi connectivity index (χ0) is 24.6. The van der Waals surface area contributed by atoms with Crippen LogP contribution in [0, 0.1) is 0 Å². The number of sulfonamides is 1. The van der Waals surface area contributed by atoms with E-state index in [2.05, 4.69) is 15.6 Å². The van der Waals surface area contributed by atoms with Crippen molar-refractivity contribution in [3.05, 3.63) is 83.9 Å². The standard InChI is InChI=1S/C24H25N3O6S/c1-3-15-33-21-14-11-18(16-22(21)32-2)24(29)26-25-23(28)17-9-12-19(13-10-17)27-34(30,31)20-7-5-4-6-8-20/h4-14,16,27H,3,15H2,1-2H3,(H,25,28)(H,26,29). The van der Waals surface area contributed by atoms with Crippen molar-refractivity contribution in [2.75, 3.05) is 18.4 Å². The summed E-state index contributed by atoms with van der Waals surface area (Å²) in [5.74, 6) is -0.185. The first-order chi connectivity index (χ1) is 16.3. The molecule has 0 aliphatic carbocycles. The molecule has 0 fully saturated rings. The fraction of sp³-hybridized carbons (Fsp3) is 0.167. The summed E-state index contributed by atoms with van der Waals surface area (Å²) in [5.41, 5.74) is 5.46. The first-order valence-electron chi connectivity index (χ1n) is 10.4. The SMILES string of the molecule is CCCOc1ccc(C(=O)NNC(=O)c2ccc(NS(=O)(=O)c3ccccc3)cc2)cc1OC. The Morgan fingerprint density at radius 3 is 2.06 bits per heavy atom. The fourth-order valence-corrected chi connectivity index (χ4v) is 3.98. The molecule has 3 rings (SSSR count). The molecular weight excluding hydrogens is 458 g/mol. The van der Waals surface area contributed by atoms with Crippen molar-refractivity contribution in [2.24, 2.45) is 0 Å². The van der Waals surface area contributed by atoms with Crippen LogP contribution in [0.2, 0.25) is 0 Å². The Morgan fingerprint density at radius 1 is 0.824 bits per heavy atom. The van der Waals surface area contributed by atoms with Gasteiger partial charge in [0.25, 0.3) is 21.8 Å². The van der Waals surface area contributed by atoms with E-state index in [1.54, 1.807) is 30.3 Å². The number of hydrogen-bond donors (Lipinski definition) is 3. The second-order valence-electron chi connectivity index (χ2n) is 7.12. The van der Waals surface area contributed by atoms with Gasteiger partial charge in [0, 0.05) is 16.8 Å². The Labute approximate surface area is 198 Å². The van der Waals surface area contributed by atoms with Crippen LogP contribution < -0.4 is 25.0 Å². The van der Waals surface area contributed by atoms with Gasteiger partial charge in [0.2, 0.25) is 0 Å². The second kappa shape index (κ2) is 11.2. The highest BCUT2D eigenvalue weighted by Gasteiger charge is 2.15. The zero-order valence-electron chi connectivity index (χ0n) is 18.7. The number of hydrazine groups is 1. The van der Waals surface area contributed by atoms with Gasteiger partial charge in [-0.1, -0.05) is 25.1 Å². The predicted octanol–water partition coefficient (Wildman–Crippen LogP) is 3.36. The summed E-state index contributed by atoms with van der Waals surface area (Å²) in [4.78, 5) is 24.9. The summed E-state index contributed by atoms with van der Waals surface area (Å²) in [7, 11) is -2.27. The molecule has 0 aromatic heterocycles. The van der Waals surface area contributed by atoms with Crippen LogP contribution in [-0.4, -0.2) is 33.9 Å². The molecule has 178 valence electrons. The van der Waals surface area contributed by atoms with Crippen molar-refractivity contribution >= 4 is 27.5 Å². The molecule has 0 atom stereocenters. The first kappa shape index (κ1) is 24.6. The van der Waals surface area contributed by atoms with Gasteiger partial charge in [-0.25, -0.2) is 8.42 Å². The van der Waals surface area contributed by atoms with Crippen molar-refractivity contribution in [2.45, 2.75) is 18.2 Å². The number of hydrogen-bond acceptors (Lipinski definition) is 6. The number of benzene rings is 3. The van der Waals surface area contributed by atoms with Crippen LogP contribution in [0.1, 0.15) is 34.1 Å². The molecule has 3 aromatic carbocycles. The Balaban J connectivity index is 1.59. The van der Waals surface area contributed by atoms with Crippen LogP contribution in [0.4, 0.5) is 5.69 Å². The molecule has 0 saturated heterocycles. The van der Waals surface area contributed by atoms with Gasteiger partial charge < -0.3 is 9.47 Å². The van der Waals surface area contributed by atoms with Crippen molar-refractivity contribution in [3.63, 3.8) is 0 Å². The average molecular weight is 484 g/mol. The van der Waals surface area contributed by atoms with E-state index in [4.69, 9.17) is 9.47 Å². The zero-order valence-corrected chi connectivity index (χ0v) is 19.5. The third kappa shape index (κ3) is 6.26. The minimum Gasteiger partial charge on any atom is -0.493 e. The van der Waals surface area contributed by atoms with Gasteiger partial charge in [-0.15, -0.1) is 0 Å².